The van der Waals surface area contributed by atoms with E-state index < -0.39 is 5.97 Å². The van der Waals surface area contributed by atoms with E-state index >= 15 is 0 Å². The Balaban J connectivity index is 2.29. The van der Waals surface area contributed by atoms with Crippen molar-refractivity contribution in [3.63, 3.8) is 0 Å². The van der Waals surface area contributed by atoms with Gasteiger partial charge in [-0.05, 0) is 32.0 Å². The third-order valence-electron chi connectivity index (χ3n) is 2.91. The number of nitrogens with zero attached hydrogens (tertiary/aromatic N) is 1. The number of aromatic carboxylic acids is 1. The highest BCUT2D eigenvalue weighted by Crippen LogP contribution is 2.25. The summed E-state index contributed by atoms with van der Waals surface area (Å²) in [5, 5.41) is 9.07. The summed E-state index contributed by atoms with van der Waals surface area (Å²) in [4.78, 5) is 13.2. The maximum absolute atomic E-state index is 11.1. The van der Waals surface area contributed by atoms with Crippen LogP contribution in [0.5, 0.6) is 0 Å². The number of halogens is 1. The molecule has 0 aliphatic carbocycles. The predicted octanol–water partition coefficient (Wildman–Crippen LogP) is 2.76. The SMILES string of the molecule is CC1CN(c2cc(Br)cc(C(=O)O)c2)CC(C)O1. The minimum Gasteiger partial charge on any atom is -0.478 e. The van der Waals surface area contributed by atoms with E-state index in [9.17, 15) is 4.79 Å². The van der Waals surface area contributed by atoms with Crippen LogP contribution in [0.15, 0.2) is 22.7 Å². The molecule has 1 N–H and O–H groups in total. The molecule has 1 aliphatic rings. The molecule has 1 saturated heterocycles. The molecule has 0 bridgehead atoms. The zero-order valence-electron chi connectivity index (χ0n) is 10.4. The molecule has 1 aromatic carbocycles. The van der Waals surface area contributed by atoms with E-state index in [1.165, 1.54) is 0 Å². The van der Waals surface area contributed by atoms with Crippen LogP contribution in [0.1, 0.15) is 24.2 Å². The Morgan fingerprint density at radius 2 is 1.94 bits per heavy atom. The smallest absolute Gasteiger partial charge is 0.335 e. The highest BCUT2D eigenvalue weighted by atomic mass is 79.9. The molecular weight excluding hydrogens is 298 g/mol. The topological polar surface area (TPSA) is 49.8 Å². The number of hydrogen-bond donors (Lipinski definition) is 1. The van der Waals surface area contributed by atoms with Gasteiger partial charge in [0, 0.05) is 23.2 Å². The molecule has 2 unspecified atom stereocenters. The fourth-order valence-corrected chi connectivity index (χ4v) is 2.75. The van der Waals surface area contributed by atoms with Crippen molar-refractivity contribution >= 4 is 27.6 Å². The molecular formula is C13H16BrNO3. The van der Waals surface area contributed by atoms with Crippen molar-refractivity contribution in [2.24, 2.45) is 0 Å². The number of anilines is 1. The van der Waals surface area contributed by atoms with Crippen molar-refractivity contribution in [3.8, 4) is 0 Å². The van der Waals surface area contributed by atoms with Gasteiger partial charge in [0.05, 0.1) is 17.8 Å². The standard InChI is InChI=1S/C13H16BrNO3/c1-8-6-15(7-9(2)18-8)12-4-10(13(16)17)3-11(14)5-12/h3-5,8-9H,6-7H2,1-2H3,(H,16,17). The first kappa shape index (κ1) is 13.4. The van der Waals surface area contributed by atoms with Gasteiger partial charge in [-0.1, -0.05) is 15.9 Å². The number of carboxylic acid groups (broad SMARTS) is 1. The Morgan fingerprint density at radius 3 is 2.50 bits per heavy atom. The minimum absolute atomic E-state index is 0.154. The van der Waals surface area contributed by atoms with Crippen LogP contribution in [0.4, 0.5) is 5.69 Å². The number of carboxylic acids is 1. The molecule has 0 saturated carbocycles. The van der Waals surface area contributed by atoms with Crippen molar-refractivity contribution in [3.05, 3.63) is 28.2 Å². The van der Waals surface area contributed by atoms with E-state index in [1.54, 1.807) is 12.1 Å². The highest BCUT2D eigenvalue weighted by molar-refractivity contribution is 9.10. The van der Waals surface area contributed by atoms with Crippen molar-refractivity contribution in [2.45, 2.75) is 26.1 Å². The second-order valence-electron chi connectivity index (χ2n) is 4.67. The Bertz CT molecular complexity index is 454. The zero-order valence-corrected chi connectivity index (χ0v) is 12.0. The second kappa shape index (κ2) is 5.28. The maximum Gasteiger partial charge on any atom is 0.335 e. The summed E-state index contributed by atoms with van der Waals surface area (Å²) in [7, 11) is 0. The third-order valence-corrected chi connectivity index (χ3v) is 3.37. The van der Waals surface area contributed by atoms with Gasteiger partial charge in [0.15, 0.2) is 0 Å². The first-order valence-corrected chi connectivity index (χ1v) is 6.69. The van der Waals surface area contributed by atoms with Crippen LogP contribution in [-0.2, 0) is 4.74 Å². The van der Waals surface area contributed by atoms with Gasteiger partial charge in [0.25, 0.3) is 0 Å². The average Bonchev–Trinajstić information content (AvgIpc) is 2.26. The van der Waals surface area contributed by atoms with Crippen LogP contribution >= 0.6 is 15.9 Å². The van der Waals surface area contributed by atoms with Crippen molar-refractivity contribution < 1.29 is 14.6 Å². The Labute approximate surface area is 115 Å². The first-order valence-electron chi connectivity index (χ1n) is 5.90. The van der Waals surface area contributed by atoms with Crippen LogP contribution in [0.2, 0.25) is 0 Å². The first-order chi connectivity index (χ1) is 8.45. The summed E-state index contributed by atoms with van der Waals surface area (Å²) >= 11 is 3.36. The molecule has 4 nitrogen and oxygen atoms in total. The maximum atomic E-state index is 11.1. The molecule has 1 aliphatic heterocycles. The quantitative estimate of drug-likeness (QED) is 0.912. The summed E-state index contributed by atoms with van der Waals surface area (Å²) in [6.07, 6.45) is 0.307. The van der Waals surface area contributed by atoms with Crippen LogP contribution < -0.4 is 4.90 Å². The molecule has 5 heteroatoms. The number of ether oxygens (including phenoxy) is 1. The number of benzene rings is 1. The molecule has 1 heterocycles. The van der Waals surface area contributed by atoms with Crippen LogP contribution in [-0.4, -0.2) is 36.4 Å². The third kappa shape index (κ3) is 3.03. The van der Waals surface area contributed by atoms with E-state index in [4.69, 9.17) is 9.84 Å². The van der Waals surface area contributed by atoms with E-state index in [1.807, 2.05) is 19.9 Å². The molecule has 1 aromatic rings. The molecule has 1 fully saturated rings. The Hall–Kier alpha value is -1.07. The summed E-state index contributed by atoms with van der Waals surface area (Å²) in [6.45, 7) is 5.61. The van der Waals surface area contributed by atoms with E-state index in [2.05, 4.69) is 20.8 Å². The average molecular weight is 314 g/mol. The summed E-state index contributed by atoms with van der Waals surface area (Å²) < 4.78 is 6.46. The van der Waals surface area contributed by atoms with Gasteiger partial charge < -0.3 is 14.7 Å². The largest absolute Gasteiger partial charge is 0.478 e. The Morgan fingerprint density at radius 1 is 1.33 bits per heavy atom. The number of morpholine rings is 1. The minimum atomic E-state index is -0.910. The van der Waals surface area contributed by atoms with Crippen molar-refractivity contribution in [1.82, 2.24) is 0 Å². The van der Waals surface area contributed by atoms with Gasteiger partial charge >= 0.3 is 5.97 Å². The number of hydrogen-bond acceptors (Lipinski definition) is 3. The van der Waals surface area contributed by atoms with Gasteiger partial charge in [-0.3, -0.25) is 0 Å². The monoisotopic (exact) mass is 313 g/mol. The Kier molecular flexibility index (Phi) is 3.92. The van der Waals surface area contributed by atoms with E-state index in [0.717, 1.165) is 23.2 Å². The lowest BCUT2D eigenvalue weighted by atomic mass is 10.1. The summed E-state index contributed by atoms with van der Waals surface area (Å²) in [5.41, 5.74) is 1.22. The van der Waals surface area contributed by atoms with E-state index in [-0.39, 0.29) is 12.2 Å². The van der Waals surface area contributed by atoms with E-state index in [0.29, 0.717) is 5.56 Å². The lowest BCUT2D eigenvalue weighted by Gasteiger charge is -2.37. The van der Waals surface area contributed by atoms with Crippen LogP contribution in [0, 0.1) is 0 Å². The van der Waals surface area contributed by atoms with Gasteiger partial charge in [-0.15, -0.1) is 0 Å². The molecule has 18 heavy (non-hydrogen) atoms. The fraction of sp³-hybridized carbons (Fsp3) is 0.462. The summed E-state index contributed by atoms with van der Waals surface area (Å²) in [5.74, 6) is -0.910. The zero-order chi connectivity index (χ0) is 13.3. The lowest BCUT2D eigenvalue weighted by Crippen LogP contribution is -2.45. The summed E-state index contributed by atoms with van der Waals surface area (Å²) in [6, 6.07) is 5.26. The van der Waals surface area contributed by atoms with Gasteiger partial charge in [0.1, 0.15) is 0 Å². The van der Waals surface area contributed by atoms with Gasteiger partial charge in [0.2, 0.25) is 0 Å². The van der Waals surface area contributed by atoms with Gasteiger partial charge in [-0.2, -0.15) is 0 Å². The fourth-order valence-electron chi connectivity index (χ4n) is 2.27. The van der Waals surface area contributed by atoms with Gasteiger partial charge in [-0.25, -0.2) is 4.79 Å². The molecule has 0 aromatic heterocycles. The lowest BCUT2D eigenvalue weighted by molar-refractivity contribution is -0.00522. The molecule has 0 radical (unpaired) electrons. The normalized spacial score (nSPS) is 24.1. The predicted molar refractivity (Wildman–Crippen MR) is 73.3 cm³/mol. The van der Waals surface area contributed by atoms with Crippen LogP contribution in [0.3, 0.4) is 0 Å². The van der Waals surface area contributed by atoms with Crippen molar-refractivity contribution in [1.29, 1.82) is 0 Å². The number of carbonyl (C=O) groups is 1. The molecule has 98 valence electrons. The molecule has 0 spiro atoms. The molecule has 2 rings (SSSR count). The second-order valence-corrected chi connectivity index (χ2v) is 5.58. The van der Waals surface area contributed by atoms with Crippen LogP contribution in [0.25, 0.3) is 0 Å². The van der Waals surface area contributed by atoms with Crippen molar-refractivity contribution in [2.75, 3.05) is 18.0 Å². The molecule has 0 amide bonds. The molecule has 2 atom stereocenters. The number of rotatable bonds is 2. The highest BCUT2D eigenvalue weighted by Gasteiger charge is 2.23.